The van der Waals surface area contributed by atoms with Gasteiger partial charge in [0.25, 0.3) is 5.91 Å². The maximum atomic E-state index is 12.4. The van der Waals surface area contributed by atoms with Gasteiger partial charge in [-0.3, -0.25) is 14.9 Å². The Morgan fingerprint density at radius 2 is 1.96 bits per heavy atom. The van der Waals surface area contributed by atoms with Crippen LogP contribution in [0.1, 0.15) is 16.9 Å². The van der Waals surface area contributed by atoms with Crippen LogP contribution in [0.3, 0.4) is 0 Å². The lowest BCUT2D eigenvalue weighted by atomic mass is 10.2. The molecule has 0 unspecified atom stereocenters. The zero-order valence-corrected chi connectivity index (χ0v) is 15.0. The van der Waals surface area contributed by atoms with Gasteiger partial charge in [-0.2, -0.15) is 5.10 Å². The molecule has 7 nitrogen and oxygen atoms in total. The van der Waals surface area contributed by atoms with E-state index < -0.39 is 0 Å². The molecular formula is C20H20N6O. The van der Waals surface area contributed by atoms with Crippen molar-refractivity contribution in [3.63, 3.8) is 0 Å². The normalized spacial score (nSPS) is 13.0. The van der Waals surface area contributed by atoms with E-state index >= 15 is 0 Å². The van der Waals surface area contributed by atoms with E-state index in [9.17, 15) is 4.79 Å². The maximum Gasteiger partial charge on any atom is 0.270 e. The molecule has 27 heavy (non-hydrogen) atoms. The molecule has 0 saturated carbocycles. The monoisotopic (exact) mass is 360 g/mol. The molecule has 1 amide bonds. The lowest BCUT2D eigenvalue weighted by Crippen LogP contribution is -2.42. The standard InChI is InChI=1S/C15H15N5O.C5H5N/c1-19-13(15(21)20-5-2-6-20)7-10-3-4-12(18-14(10)19)11-8-16-17-9-11;1-2-4-6-5-3-1/h3-4,7-9H,2,5-6H2,1H3,(H,16,17);1-5H. The number of pyridine rings is 2. The highest BCUT2D eigenvalue weighted by Crippen LogP contribution is 2.24. The summed E-state index contributed by atoms with van der Waals surface area (Å²) in [7, 11) is 1.89. The highest BCUT2D eigenvalue weighted by Gasteiger charge is 2.24. The van der Waals surface area contributed by atoms with E-state index in [1.165, 1.54) is 0 Å². The lowest BCUT2D eigenvalue weighted by molar-refractivity contribution is 0.0642. The van der Waals surface area contributed by atoms with Gasteiger partial charge in [0.05, 0.1) is 11.9 Å². The van der Waals surface area contributed by atoms with Crippen molar-refractivity contribution in [1.82, 2.24) is 29.6 Å². The summed E-state index contributed by atoms with van der Waals surface area (Å²) < 4.78 is 1.87. The SMILES string of the molecule is Cn1c(C(=O)N2CCC2)cc2ccc(-c3cn[nH]c3)nc21.c1ccncc1. The Balaban J connectivity index is 0.000000257. The first-order valence-electron chi connectivity index (χ1n) is 8.84. The third-order valence-corrected chi connectivity index (χ3v) is 4.60. The maximum absolute atomic E-state index is 12.4. The van der Waals surface area contributed by atoms with Crippen molar-refractivity contribution in [1.29, 1.82) is 0 Å². The van der Waals surface area contributed by atoms with E-state index in [0.717, 1.165) is 41.8 Å². The second-order valence-electron chi connectivity index (χ2n) is 6.36. The van der Waals surface area contributed by atoms with Gasteiger partial charge in [0.2, 0.25) is 0 Å². The number of hydrogen-bond donors (Lipinski definition) is 1. The molecule has 0 aliphatic carbocycles. The Morgan fingerprint density at radius 3 is 2.52 bits per heavy atom. The Bertz CT molecular complexity index is 1010. The number of fused-ring (bicyclic) bond motifs is 1. The molecule has 0 spiro atoms. The van der Waals surface area contributed by atoms with Gasteiger partial charge in [0, 0.05) is 49.7 Å². The number of hydrogen-bond acceptors (Lipinski definition) is 4. The van der Waals surface area contributed by atoms with Gasteiger partial charge in [-0.25, -0.2) is 4.98 Å². The number of nitrogens with zero attached hydrogens (tertiary/aromatic N) is 5. The number of amides is 1. The summed E-state index contributed by atoms with van der Waals surface area (Å²) in [6, 6.07) is 11.6. The number of aromatic amines is 1. The average molecular weight is 360 g/mol. The second kappa shape index (κ2) is 7.41. The van der Waals surface area contributed by atoms with Gasteiger partial charge >= 0.3 is 0 Å². The van der Waals surface area contributed by atoms with Crippen LogP contribution in [0.2, 0.25) is 0 Å². The van der Waals surface area contributed by atoms with Crippen LogP contribution < -0.4 is 0 Å². The Kier molecular flexibility index (Phi) is 4.65. The van der Waals surface area contributed by atoms with Crippen molar-refractivity contribution >= 4 is 16.9 Å². The Hall–Kier alpha value is -3.48. The molecular weight excluding hydrogens is 340 g/mol. The largest absolute Gasteiger partial charge is 0.337 e. The highest BCUT2D eigenvalue weighted by atomic mass is 16.2. The number of aryl methyl sites for hydroxylation is 1. The fourth-order valence-corrected chi connectivity index (χ4v) is 2.95. The third-order valence-electron chi connectivity index (χ3n) is 4.60. The number of carbonyl (C=O) groups excluding carboxylic acids is 1. The molecule has 1 fully saturated rings. The number of rotatable bonds is 2. The first-order chi connectivity index (χ1) is 13.2. The van der Waals surface area contributed by atoms with Gasteiger partial charge in [0.1, 0.15) is 11.3 Å². The van der Waals surface area contributed by atoms with Crippen LogP contribution in [0.15, 0.2) is 61.2 Å². The molecule has 5 rings (SSSR count). The summed E-state index contributed by atoms with van der Waals surface area (Å²) in [5.74, 6) is 0.0895. The minimum absolute atomic E-state index is 0.0895. The van der Waals surface area contributed by atoms with Gasteiger partial charge in [0.15, 0.2) is 0 Å². The second-order valence-corrected chi connectivity index (χ2v) is 6.36. The minimum Gasteiger partial charge on any atom is -0.337 e. The molecule has 1 saturated heterocycles. The zero-order valence-electron chi connectivity index (χ0n) is 15.0. The number of nitrogens with one attached hydrogen (secondary N) is 1. The summed E-state index contributed by atoms with van der Waals surface area (Å²) in [5.41, 5.74) is 3.30. The third kappa shape index (κ3) is 3.44. The van der Waals surface area contributed by atoms with Crippen molar-refractivity contribution in [2.75, 3.05) is 13.1 Å². The van der Waals surface area contributed by atoms with E-state index in [4.69, 9.17) is 0 Å². The summed E-state index contributed by atoms with van der Waals surface area (Å²) in [6.45, 7) is 1.71. The lowest BCUT2D eigenvalue weighted by Gasteiger charge is -2.30. The van der Waals surface area contributed by atoms with E-state index in [1.54, 1.807) is 18.6 Å². The van der Waals surface area contributed by atoms with Crippen LogP contribution in [0.25, 0.3) is 22.3 Å². The summed E-state index contributed by atoms with van der Waals surface area (Å²) in [6.07, 6.45) is 8.14. The number of carbonyl (C=O) groups is 1. The molecule has 4 aromatic heterocycles. The van der Waals surface area contributed by atoms with E-state index in [1.807, 2.05) is 59.1 Å². The van der Waals surface area contributed by atoms with Gasteiger partial charge in [-0.05, 0) is 36.8 Å². The molecule has 136 valence electrons. The smallest absolute Gasteiger partial charge is 0.270 e. The molecule has 5 heterocycles. The van der Waals surface area contributed by atoms with E-state index in [2.05, 4.69) is 20.2 Å². The van der Waals surface area contributed by atoms with Crippen molar-refractivity contribution in [3.8, 4) is 11.3 Å². The fraction of sp³-hybridized carbons (Fsp3) is 0.200. The zero-order chi connectivity index (χ0) is 18.6. The van der Waals surface area contributed by atoms with E-state index in [0.29, 0.717) is 5.69 Å². The van der Waals surface area contributed by atoms with Crippen LogP contribution in [-0.2, 0) is 7.05 Å². The molecule has 0 bridgehead atoms. The average Bonchev–Trinajstić information content (AvgIpc) is 3.31. The predicted octanol–water partition coefficient (Wildman–Crippen LogP) is 2.89. The Morgan fingerprint density at radius 1 is 1.15 bits per heavy atom. The van der Waals surface area contributed by atoms with Gasteiger partial charge < -0.3 is 9.47 Å². The molecule has 7 heteroatoms. The van der Waals surface area contributed by atoms with Crippen molar-refractivity contribution in [2.45, 2.75) is 6.42 Å². The molecule has 0 atom stereocenters. The first kappa shape index (κ1) is 17.0. The predicted molar refractivity (Wildman–Crippen MR) is 103 cm³/mol. The summed E-state index contributed by atoms with van der Waals surface area (Å²) in [4.78, 5) is 22.7. The highest BCUT2D eigenvalue weighted by molar-refractivity contribution is 5.98. The molecule has 1 aliphatic rings. The first-order valence-corrected chi connectivity index (χ1v) is 8.84. The topological polar surface area (TPSA) is 79.7 Å². The van der Waals surface area contributed by atoms with Crippen LogP contribution in [0.4, 0.5) is 0 Å². The number of aromatic nitrogens is 5. The van der Waals surface area contributed by atoms with Crippen LogP contribution in [-0.4, -0.2) is 48.6 Å². The summed E-state index contributed by atoms with van der Waals surface area (Å²) >= 11 is 0. The number of H-pyrrole nitrogens is 1. The Labute approximate surface area is 156 Å². The minimum atomic E-state index is 0.0895. The van der Waals surface area contributed by atoms with Crippen molar-refractivity contribution in [2.24, 2.45) is 7.05 Å². The van der Waals surface area contributed by atoms with Crippen LogP contribution in [0, 0.1) is 0 Å². The molecule has 0 radical (unpaired) electrons. The van der Waals surface area contributed by atoms with Gasteiger partial charge in [-0.1, -0.05) is 6.07 Å². The number of likely N-dealkylation sites (tertiary alicyclic amines) is 1. The fourth-order valence-electron chi connectivity index (χ4n) is 2.95. The quantitative estimate of drug-likeness (QED) is 0.596. The molecule has 1 aliphatic heterocycles. The van der Waals surface area contributed by atoms with Crippen LogP contribution >= 0.6 is 0 Å². The van der Waals surface area contributed by atoms with Crippen molar-refractivity contribution in [3.05, 3.63) is 66.9 Å². The van der Waals surface area contributed by atoms with E-state index in [-0.39, 0.29) is 5.91 Å². The molecule has 0 aromatic carbocycles. The molecule has 4 aromatic rings. The van der Waals surface area contributed by atoms with Crippen molar-refractivity contribution < 1.29 is 4.79 Å². The van der Waals surface area contributed by atoms with Crippen LogP contribution in [0.5, 0.6) is 0 Å². The van der Waals surface area contributed by atoms with Gasteiger partial charge in [-0.15, -0.1) is 0 Å². The summed E-state index contributed by atoms with van der Waals surface area (Å²) in [5, 5.41) is 7.71. The molecule has 1 N–H and O–H groups in total.